The molecule has 114 valence electrons. The van der Waals surface area contributed by atoms with E-state index in [1.807, 2.05) is 0 Å². The zero-order valence-corrected chi connectivity index (χ0v) is 12.8. The van der Waals surface area contributed by atoms with E-state index in [2.05, 4.69) is 15.2 Å². The van der Waals surface area contributed by atoms with Crippen molar-refractivity contribution in [2.45, 2.75) is 0 Å². The van der Waals surface area contributed by atoms with Crippen LogP contribution in [-0.4, -0.2) is 33.8 Å². The van der Waals surface area contributed by atoms with Gasteiger partial charge < -0.3 is 5.73 Å². The average Bonchev–Trinajstić information content (AvgIpc) is 2.80. The Balaban J connectivity index is 2.48. The Labute approximate surface area is 129 Å². The van der Waals surface area contributed by atoms with Gasteiger partial charge in [0.2, 0.25) is 10.0 Å². The fourth-order valence-electron chi connectivity index (χ4n) is 2.08. The van der Waals surface area contributed by atoms with Crippen molar-refractivity contribution in [3.63, 3.8) is 0 Å². The fraction of sp³-hybridized carbons (Fsp3) is 0.0833. The first-order valence-electron chi connectivity index (χ1n) is 6.02. The standard InChI is InChI=1S/C12H10ClN5O3S/c1-22(20,21)18-11(6-2-4-7(13)5-3-6)15-10-8(12(18)19)9(14)16-17-10/h2-5H,1H3,(H3,14,16,17). The number of fused-ring (bicyclic) bond motifs is 1. The summed E-state index contributed by atoms with van der Waals surface area (Å²) in [6.07, 6.45) is 0.914. The van der Waals surface area contributed by atoms with Gasteiger partial charge in [-0.3, -0.25) is 9.89 Å². The Morgan fingerprint density at radius 1 is 1.27 bits per heavy atom. The monoisotopic (exact) mass is 339 g/mol. The van der Waals surface area contributed by atoms with Crippen LogP contribution in [0.2, 0.25) is 5.02 Å². The molecule has 0 aliphatic heterocycles. The molecule has 0 unspecified atom stereocenters. The van der Waals surface area contributed by atoms with Crippen molar-refractivity contribution in [2.75, 3.05) is 12.0 Å². The summed E-state index contributed by atoms with van der Waals surface area (Å²) in [5, 5.41) is 6.61. The second kappa shape index (κ2) is 4.82. The quantitative estimate of drug-likeness (QED) is 0.712. The van der Waals surface area contributed by atoms with E-state index in [0.29, 0.717) is 14.6 Å². The lowest BCUT2D eigenvalue weighted by Gasteiger charge is -2.10. The number of hydrogen-bond donors (Lipinski definition) is 2. The summed E-state index contributed by atoms with van der Waals surface area (Å²) >= 11 is 5.82. The number of rotatable bonds is 2. The number of aromatic nitrogens is 4. The average molecular weight is 340 g/mol. The van der Waals surface area contributed by atoms with Crippen LogP contribution < -0.4 is 11.3 Å². The van der Waals surface area contributed by atoms with E-state index in [4.69, 9.17) is 17.3 Å². The van der Waals surface area contributed by atoms with Crippen molar-refractivity contribution in [1.82, 2.24) is 19.2 Å². The minimum Gasteiger partial charge on any atom is -0.381 e. The van der Waals surface area contributed by atoms with Gasteiger partial charge in [-0.2, -0.15) is 9.07 Å². The third-order valence-corrected chi connectivity index (χ3v) is 4.27. The van der Waals surface area contributed by atoms with E-state index in [9.17, 15) is 13.2 Å². The van der Waals surface area contributed by atoms with Crippen molar-refractivity contribution in [3.05, 3.63) is 39.6 Å². The first kappa shape index (κ1) is 14.5. The molecule has 1 aromatic carbocycles. The highest BCUT2D eigenvalue weighted by molar-refractivity contribution is 7.89. The lowest BCUT2D eigenvalue weighted by molar-refractivity contribution is 0.592. The molecule has 0 saturated heterocycles. The third-order valence-electron chi connectivity index (χ3n) is 3.02. The van der Waals surface area contributed by atoms with Gasteiger partial charge in [-0.05, 0) is 24.3 Å². The summed E-state index contributed by atoms with van der Waals surface area (Å²) in [6.45, 7) is 0. The van der Waals surface area contributed by atoms with Crippen LogP contribution in [0.15, 0.2) is 29.1 Å². The van der Waals surface area contributed by atoms with E-state index >= 15 is 0 Å². The molecule has 2 aromatic heterocycles. The molecule has 3 rings (SSSR count). The Kier molecular flexibility index (Phi) is 3.18. The number of nitrogens with zero attached hydrogens (tertiary/aromatic N) is 3. The van der Waals surface area contributed by atoms with Crippen LogP contribution >= 0.6 is 11.6 Å². The molecule has 0 saturated carbocycles. The molecule has 0 radical (unpaired) electrons. The summed E-state index contributed by atoms with van der Waals surface area (Å²) in [5.74, 6) is -0.145. The van der Waals surface area contributed by atoms with Crippen molar-refractivity contribution in [3.8, 4) is 11.4 Å². The van der Waals surface area contributed by atoms with Gasteiger partial charge in [0.25, 0.3) is 5.56 Å². The highest BCUT2D eigenvalue weighted by Crippen LogP contribution is 2.22. The molecule has 3 N–H and O–H groups in total. The van der Waals surface area contributed by atoms with E-state index in [1.165, 1.54) is 0 Å². The maximum atomic E-state index is 12.5. The Morgan fingerprint density at radius 2 is 1.91 bits per heavy atom. The van der Waals surface area contributed by atoms with Crippen LogP contribution in [0.4, 0.5) is 5.82 Å². The van der Waals surface area contributed by atoms with Crippen LogP contribution in [0.3, 0.4) is 0 Å². The number of halogens is 1. The molecule has 10 heteroatoms. The van der Waals surface area contributed by atoms with Crippen LogP contribution in [0.1, 0.15) is 0 Å². The molecule has 0 amide bonds. The van der Waals surface area contributed by atoms with Gasteiger partial charge in [0.05, 0.1) is 6.26 Å². The van der Waals surface area contributed by atoms with Crippen molar-refractivity contribution in [1.29, 1.82) is 0 Å². The lowest BCUT2D eigenvalue weighted by atomic mass is 10.2. The Hall–Kier alpha value is -2.39. The molecule has 0 aliphatic carbocycles. The zero-order chi connectivity index (χ0) is 16.1. The van der Waals surface area contributed by atoms with Gasteiger partial charge in [-0.15, -0.1) is 0 Å². The van der Waals surface area contributed by atoms with E-state index in [-0.39, 0.29) is 22.7 Å². The van der Waals surface area contributed by atoms with Gasteiger partial charge in [-0.1, -0.05) is 11.6 Å². The Bertz CT molecular complexity index is 1040. The fourth-order valence-corrected chi connectivity index (χ4v) is 3.05. The first-order valence-corrected chi connectivity index (χ1v) is 8.25. The third kappa shape index (κ3) is 2.24. The summed E-state index contributed by atoms with van der Waals surface area (Å²) < 4.78 is 24.6. The van der Waals surface area contributed by atoms with Gasteiger partial charge in [0.1, 0.15) is 5.39 Å². The number of benzene rings is 1. The summed E-state index contributed by atoms with van der Waals surface area (Å²) in [6, 6.07) is 6.27. The molecular weight excluding hydrogens is 330 g/mol. The maximum Gasteiger partial charge on any atom is 0.280 e. The number of aromatic amines is 1. The van der Waals surface area contributed by atoms with Crippen molar-refractivity contribution in [2.24, 2.45) is 0 Å². The molecule has 0 aliphatic rings. The zero-order valence-electron chi connectivity index (χ0n) is 11.2. The van der Waals surface area contributed by atoms with Crippen LogP contribution in [-0.2, 0) is 10.0 Å². The highest BCUT2D eigenvalue weighted by Gasteiger charge is 2.22. The summed E-state index contributed by atoms with van der Waals surface area (Å²) in [5.41, 5.74) is 5.32. The number of nitrogens with two attached hydrogens (primary N) is 1. The molecule has 0 spiro atoms. The van der Waals surface area contributed by atoms with E-state index < -0.39 is 15.6 Å². The molecule has 0 atom stereocenters. The topological polar surface area (TPSA) is 124 Å². The smallest absolute Gasteiger partial charge is 0.280 e. The summed E-state index contributed by atoms with van der Waals surface area (Å²) in [7, 11) is -3.90. The van der Waals surface area contributed by atoms with Gasteiger partial charge in [0.15, 0.2) is 17.3 Å². The number of nitrogen functional groups attached to an aromatic ring is 1. The molecule has 0 bridgehead atoms. The normalized spacial score (nSPS) is 11.9. The molecule has 3 aromatic rings. The van der Waals surface area contributed by atoms with E-state index in [0.717, 1.165) is 6.26 Å². The largest absolute Gasteiger partial charge is 0.381 e. The van der Waals surface area contributed by atoms with Crippen LogP contribution in [0.5, 0.6) is 0 Å². The van der Waals surface area contributed by atoms with Gasteiger partial charge in [-0.25, -0.2) is 13.4 Å². The number of nitrogens with one attached hydrogen (secondary N) is 1. The molecule has 2 heterocycles. The van der Waals surface area contributed by atoms with Crippen LogP contribution in [0, 0.1) is 0 Å². The van der Waals surface area contributed by atoms with Crippen molar-refractivity contribution < 1.29 is 8.42 Å². The predicted octanol–water partition coefficient (Wildman–Crippen LogP) is 0.830. The van der Waals surface area contributed by atoms with Gasteiger partial charge in [0, 0.05) is 10.6 Å². The minimum absolute atomic E-state index is 0.0414. The lowest BCUT2D eigenvalue weighted by Crippen LogP contribution is -2.29. The number of hydrogen-bond acceptors (Lipinski definition) is 6. The molecule has 0 fully saturated rings. The van der Waals surface area contributed by atoms with Gasteiger partial charge >= 0.3 is 0 Å². The predicted molar refractivity (Wildman–Crippen MR) is 83.2 cm³/mol. The second-order valence-corrected chi connectivity index (χ2v) is 6.87. The van der Waals surface area contributed by atoms with Crippen molar-refractivity contribution >= 4 is 38.5 Å². The molecule has 8 nitrogen and oxygen atoms in total. The first-order chi connectivity index (χ1) is 10.3. The molecular formula is C12H10ClN5O3S. The highest BCUT2D eigenvalue weighted by atomic mass is 35.5. The maximum absolute atomic E-state index is 12.5. The SMILES string of the molecule is CS(=O)(=O)n1c(-c2ccc(Cl)cc2)nc2[nH]nc(N)c2c1=O. The minimum atomic E-state index is -3.90. The number of H-pyrrole nitrogens is 1. The van der Waals surface area contributed by atoms with E-state index in [1.54, 1.807) is 24.3 Å². The molecule has 22 heavy (non-hydrogen) atoms. The second-order valence-electron chi connectivity index (χ2n) is 4.61. The van der Waals surface area contributed by atoms with Crippen LogP contribution in [0.25, 0.3) is 22.4 Å². The number of anilines is 1. The Morgan fingerprint density at radius 3 is 2.50 bits per heavy atom. The summed E-state index contributed by atoms with van der Waals surface area (Å²) in [4.78, 5) is 16.7.